The molecule has 6 nitrogen and oxygen atoms in total. The molecule has 0 atom stereocenters. The van der Waals surface area contributed by atoms with Crippen molar-refractivity contribution in [3.8, 4) is 0 Å². The number of nitrogens with one attached hydrogen (secondary N) is 1. The maximum absolute atomic E-state index is 12.1. The molecule has 0 aliphatic heterocycles. The van der Waals surface area contributed by atoms with Crippen molar-refractivity contribution in [2.75, 3.05) is 18.9 Å². The quantitative estimate of drug-likeness (QED) is 0.800. The molecule has 0 aliphatic rings. The van der Waals surface area contributed by atoms with E-state index in [4.69, 9.17) is 27.7 Å². The van der Waals surface area contributed by atoms with Gasteiger partial charge < -0.3 is 14.7 Å². The maximum Gasteiger partial charge on any atom is 0.246 e. The van der Waals surface area contributed by atoms with Gasteiger partial charge in [-0.3, -0.25) is 9.59 Å². The predicted molar refractivity (Wildman–Crippen MR) is 97.7 cm³/mol. The summed E-state index contributed by atoms with van der Waals surface area (Å²) in [7, 11) is 1.54. The van der Waals surface area contributed by atoms with E-state index in [1.165, 1.54) is 18.0 Å². The standard InChI is InChI=1S/C17H17Cl2N3O3/c1-10-13(11(2)25-21-10)5-7-17(24)22(3)9-16(23)20-12-4-6-14(18)15(19)8-12/h4-8H,9H2,1-3H3,(H,20,23)/b7-5+. The fourth-order valence-electron chi connectivity index (χ4n) is 2.08. The molecule has 0 bridgehead atoms. The lowest BCUT2D eigenvalue weighted by atomic mass is 10.2. The van der Waals surface area contributed by atoms with Gasteiger partial charge in [0.05, 0.1) is 22.3 Å². The molecule has 2 amide bonds. The number of aromatic nitrogens is 1. The van der Waals surface area contributed by atoms with Crippen LogP contribution >= 0.6 is 23.2 Å². The SMILES string of the molecule is Cc1noc(C)c1/C=C/C(=O)N(C)CC(=O)Nc1ccc(Cl)c(Cl)c1. The average Bonchev–Trinajstić information content (AvgIpc) is 2.87. The van der Waals surface area contributed by atoms with E-state index in [2.05, 4.69) is 10.5 Å². The monoisotopic (exact) mass is 381 g/mol. The number of nitrogens with zero attached hydrogens (tertiary/aromatic N) is 2. The van der Waals surface area contributed by atoms with Crippen LogP contribution in [0.25, 0.3) is 6.08 Å². The zero-order valence-electron chi connectivity index (χ0n) is 14.0. The highest BCUT2D eigenvalue weighted by Crippen LogP contribution is 2.24. The number of rotatable bonds is 5. The van der Waals surface area contributed by atoms with Gasteiger partial charge >= 0.3 is 0 Å². The van der Waals surface area contributed by atoms with Gasteiger partial charge in [-0.25, -0.2) is 0 Å². The van der Waals surface area contributed by atoms with Gasteiger partial charge in [-0.2, -0.15) is 0 Å². The number of carbonyl (C=O) groups excluding carboxylic acids is 2. The minimum absolute atomic E-state index is 0.106. The van der Waals surface area contributed by atoms with Gasteiger partial charge in [-0.15, -0.1) is 0 Å². The third kappa shape index (κ3) is 5.08. The summed E-state index contributed by atoms with van der Waals surface area (Å²) in [4.78, 5) is 25.4. The van der Waals surface area contributed by atoms with E-state index in [-0.39, 0.29) is 18.4 Å². The average molecular weight is 382 g/mol. The highest BCUT2D eigenvalue weighted by Gasteiger charge is 2.12. The first-order valence-electron chi connectivity index (χ1n) is 7.39. The summed E-state index contributed by atoms with van der Waals surface area (Å²) in [5.41, 5.74) is 1.95. The second kappa shape index (κ2) is 8.18. The topological polar surface area (TPSA) is 75.4 Å². The Morgan fingerprint density at radius 3 is 2.60 bits per heavy atom. The summed E-state index contributed by atoms with van der Waals surface area (Å²) in [5.74, 6) is -0.0363. The van der Waals surface area contributed by atoms with Crippen molar-refractivity contribution in [2.24, 2.45) is 0 Å². The van der Waals surface area contributed by atoms with Gasteiger partial charge in [0.1, 0.15) is 5.76 Å². The van der Waals surface area contributed by atoms with Crippen molar-refractivity contribution >= 4 is 46.8 Å². The molecule has 0 saturated carbocycles. The molecule has 1 N–H and O–H groups in total. The Balaban J connectivity index is 1.93. The molecule has 2 rings (SSSR count). The fraction of sp³-hybridized carbons (Fsp3) is 0.235. The van der Waals surface area contributed by atoms with E-state index < -0.39 is 0 Å². The normalized spacial score (nSPS) is 10.9. The summed E-state index contributed by atoms with van der Waals surface area (Å²) in [5, 5.41) is 7.21. The Morgan fingerprint density at radius 1 is 1.28 bits per heavy atom. The van der Waals surface area contributed by atoms with E-state index in [0.29, 0.717) is 27.2 Å². The minimum atomic E-state index is -0.347. The number of aryl methyl sites for hydroxylation is 2. The van der Waals surface area contributed by atoms with Crippen LogP contribution in [0.3, 0.4) is 0 Å². The first-order chi connectivity index (χ1) is 11.8. The molecule has 0 spiro atoms. The maximum atomic E-state index is 12.1. The smallest absolute Gasteiger partial charge is 0.246 e. The van der Waals surface area contributed by atoms with Crippen LogP contribution in [0.4, 0.5) is 5.69 Å². The van der Waals surface area contributed by atoms with Crippen LogP contribution < -0.4 is 5.32 Å². The Bertz CT molecular complexity index is 811. The number of halogens is 2. The molecule has 2 aromatic rings. The van der Waals surface area contributed by atoms with Gasteiger partial charge in [-0.05, 0) is 38.1 Å². The van der Waals surface area contributed by atoms with Gasteiger partial charge in [0.2, 0.25) is 11.8 Å². The minimum Gasteiger partial charge on any atom is -0.361 e. The summed E-state index contributed by atoms with van der Waals surface area (Å²) in [6.45, 7) is 3.44. The summed E-state index contributed by atoms with van der Waals surface area (Å²) >= 11 is 11.7. The molecule has 1 aromatic heterocycles. The second-order valence-corrected chi connectivity index (χ2v) is 6.26. The molecular weight excluding hydrogens is 365 g/mol. The van der Waals surface area contributed by atoms with E-state index in [1.807, 2.05) is 0 Å². The van der Waals surface area contributed by atoms with Crippen LogP contribution in [-0.2, 0) is 9.59 Å². The zero-order valence-corrected chi connectivity index (χ0v) is 15.5. The lowest BCUT2D eigenvalue weighted by molar-refractivity contribution is -0.129. The van der Waals surface area contributed by atoms with Gasteiger partial charge in [0.25, 0.3) is 0 Å². The Kier molecular flexibility index (Phi) is 6.22. The number of hydrogen-bond acceptors (Lipinski definition) is 4. The second-order valence-electron chi connectivity index (χ2n) is 5.44. The van der Waals surface area contributed by atoms with Crippen molar-refractivity contribution in [1.82, 2.24) is 10.1 Å². The predicted octanol–water partition coefficient (Wildman–Crippen LogP) is 3.71. The number of hydrogen-bond donors (Lipinski definition) is 1. The highest BCUT2D eigenvalue weighted by atomic mass is 35.5. The Labute approximate surface area is 155 Å². The third-order valence-electron chi connectivity index (χ3n) is 3.44. The number of likely N-dealkylation sites (N-methyl/N-ethyl adjacent to an activating group) is 1. The zero-order chi connectivity index (χ0) is 18.6. The van der Waals surface area contributed by atoms with Crippen molar-refractivity contribution in [1.29, 1.82) is 0 Å². The number of anilines is 1. The van der Waals surface area contributed by atoms with Crippen molar-refractivity contribution in [2.45, 2.75) is 13.8 Å². The van der Waals surface area contributed by atoms with Crippen LogP contribution in [0.1, 0.15) is 17.0 Å². The van der Waals surface area contributed by atoms with E-state index in [9.17, 15) is 9.59 Å². The van der Waals surface area contributed by atoms with Gasteiger partial charge in [0, 0.05) is 24.4 Å². The Morgan fingerprint density at radius 2 is 2.00 bits per heavy atom. The van der Waals surface area contributed by atoms with E-state index in [0.717, 1.165) is 5.56 Å². The number of carbonyl (C=O) groups is 2. The number of benzene rings is 1. The molecule has 1 heterocycles. The molecule has 25 heavy (non-hydrogen) atoms. The lowest BCUT2D eigenvalue weighted by Crippen LogP contribution is -2.33. The molecule has 0 aliphatic carbocycles. The van der Waals surface area contributed by atoms with E-state index in [1.54, 1.807) is 38.1 Å². The molecular formula is C17H17Cl2N3O3. The molecule has 0 fully saturated rings. The van der Waals surface area contributed by atoms with Crippen LogP contribution in [0, 0.1) is 13.8 Å². The van der Waals surface area contributed by atoms with Crippen LogP contribution in [0.5, 0.6) is 0 Å². The van der Waals surface area contributed by atoms with Crippen LogP contribution in [0.15, 0.2) is 28.8 Å². The summed E-state index contributed by atoms with van der Waals surface area (Å²) in [6.07, 6.45) is 3.00. The Hall–Kier alpha value is -2.31. The van der Waals surface area contributed by atoms with E-state index >= 15 is 0 Å². The van der Waals surface area contributed by atoms with Gasteiger partial charge in [0.15, 0.2) is 0 Å². The lowest BCUT2D eigenvalue weighted by Gasteiger charge is -2.15. The molecule has 1 aromatic carbocycles. The molecule has 8 heteroatoms. The third-order valence-corrected chi connectivity index (χ3v) is 4.18. The number of amides is 2. The van der Waals surface area contributed by atoms with Gasteiger partial charge in [-0.1, -0.05) is 28.4 Å². The first-order valence-corrected chi connectivity index (χ1v) is 8.14. The largest absolute Gasteiger partial charge is 0.361 e. The first kappa shape index (κ1) is 19.0. The highest BCUT2D eigenvalue weighted by molar-refractivity contribution is 6.42. The molecule has 132 valence electrons. The van der Waals surface area contributed by atoms with Crippen molar-refractivity contribution < 1.29 is 14.1 Å². The molecule has 0 saturated heterocycles. The summed E-state index contributed by atoms with van der Waals surface area (Å²) < 4.78 is 5.03. The summed E-state index contributed by atoms with van der Waals surface area (Å²) in [6, 6.07) is 4.76. The molecule has 0 unspecified atom stereocenters. The molecule has 0 radical (unpaired) electrons. The fourth-order valence-corrected chi connectivity index (χ4v) is 2.38. The van der Waals surface area contributed by atoms with Crippen molar-refractivity contribution in [3.05, 3.63) is 51.3 Å². The van der Waals surface area contributed by atoms with Crippen molar-refractivity contribution in [3.63, 3.8) is 0 Å². The van der Waals surface area contributed by atoms with Crippen LogP contribution in [0.2, 0.25) is 10.0 Å². The van der Waals surface area contributed by atoms with Crippen LogP contribution in [-0.4, -0.2) is 35.5 Å².